The molecule has 1 aromatic heterocycles. The maximum atomic E-state index is 12.6. The summed E-state index contributed by atoms with van der Waals surface area (Å²) in [5, 5.41) is 0. The number of nitrogens with zero attached hydrogens (tertiary/aromatic N) is 3. The van der Waals surface area contributed by atoms with E-state index in [1.54, 1.807) is 24.3 Å². The highest BCUT2D eigenvalue weighted by Crippen LogP contribution is 2.26. The van der Waals surface area contributed by atoms with Crippen molar-refractivity contribution in [1.82, 2.24) is 9.88 Å². The molecule has 0 N–H and O–H groups in total. The standard InChI is InChI=1S/C19H21N3O2/c1-21(14-10-15-8-11-20-12-9-15)18(23)19(24)22-13-4-6-16-5-2-3-7-17(16)22/h2-3,5,7-9,11-12H,4,6,10,13-14H2,1H3. The molecule has 0 saturated heterocycles. The van der Waals surface area contributed by atoms with Gasteiger partial charge in [0.05, 0.1) is 0 Å². The fourth-order valence-electron chi connectivity index (χ4n) is 2.97. The zero-order chi connectivity index (χ0) is 16.9. The van der Waals surface area contributed by atoms with E-state index in [2.05, 4.69) is 4.98 Å². The minimum Gasteiger partial charge on any atom is -0.337 e. The number of pyridine rings is 1. The van der Waals surface area contributed by atoms with Crippen LogP contribution in [0.3, 0.4) is 0 Å². The smallest absolute Gasteiger partial charge is 0.316 e. The van der Waals surface area contributed by atoms with Gasteiger partial charge in [0.1, 0.15) is 0 Å². The molecule has 0 aliphatic carbocycles. The number of aryl methyl sites for hydroxylation is 1. The lowest BCUT2D eigenvalue weighted by Crippen LogP contribution is -2.46. The molecule has 0 unspecified atom stereocenters. The van der Waals surface area contributed by atoms with Crippen LogP contribution in [-0.4, -0.2) is 41.8 Å². The highest BCUT2D eigenvalue weighted by molar-refractivity contribution is 6.40. The van der Waals surface area contributed by atoms with E-state index in [0.717, 1.165) is 29.7 Å². The summed E-state index contributed by atoms with van der Waals surface area (Å²) in [6.45, 7) is 1.10. The quantitative estimate of drug-likeness (QED) is 0.813. The first-order valence-corrected chi connectivity index (χ1v) is 8.20. The van der Waals surface area contributed by atoms with E-state index < -0.39 is 11.8 Å². The average Bonchev–Trinajstić information content (AvgIpc) is 2.65. The van der Waals surface area contributed by atoms with E-state index in [1.807, 2.05) is 36.4 Å². The second-order valence-corrected chi connectivity index (χ2v) is 6.02. The van der Waals surface area contributed by atoms with E-state index in [0.29, 0.717) is 19.5 Å². The van der Waals surface area contributed by atoms with Gasteiger partial charge in [0, 0.05) is 38.2 Å². The maximum Gasteiger partial charge on any atom is 0.316 e. The number of hydrogen-bond donors (Lipinski definition) is 0. The number of para-hydroxylation sites is 1. The first kappa shape index (κ1) is 16.2. The third kappa shape index (κ3) is 3.45. The predicted octanol–water partition coefficient (Wildman–Crippen LogP) is 2.06. The molecule has 3 rings (SSSR count). The number of amides is 2. The number of anilines is 1. The Bertz CT molecular complexity index is 730. The number of aromatic nitrogens is 1. The van der Waals surface area contributed by atoms with E-state index in [4.69, 9.17) is 0 Å². The third-order valence-corrected chi connectivity index (χ3v) is 4.37. The summed E-state index contributed by atoms with van der Waals surface area (Å²) in [4.78, 5) is 32.2. The number of carbonyl (C=O) groups excluding carboxylic acids is 2. The van der Waals surface area contributed by atoms with Crippen molar-refractivity contribution in [1.29, 1.82) is 0 Å². The van der Waals surface area contributed by atoms with E-state index in [-0.39, 0.29) is 0 Å². The Kier molecular flexibility index (Phi) is 4.89. The second-order valence-electron chi connectivity index (χ2n) is 6.02. The molecule has 2 amide bonds. The number of benzene rings is 1. The molecule has 1 aliphatic heterocycles. The zero-order valence-electron chi connectivity index (χ0n) is 13.8. The van der Waals surface area contributed by atoms with E-state index >= 15 is 0 Å². The van der Waals surface area contributed by atoms with Gasteiger partial charge in [-0.1, -0.05) is 18.2 Å². The van der Waals surface area contributed by atoms with Crippen molar-refractivity contribution in [3.8, 4) is 0 Å². The van der Waals surface area contributed by atoms with Crippen molar-refractivity contribution in [2.24, 2.45) is 0 Å². The molecule has 0 bridgehead atoms. The highest BCUT2D eigenvalue weighted by atomic mass is 16.2. The summed E-state index contributed by atoms with van der Waals surface area (Å²) >= 11 is 0. The number of carbonyl (C=O) groups is 2. The monoisotopic (exact) mass is 323 g/mol. The van der Waals surface area contributed by atoms with Crippen LogP contribution < -0.4 is 4.90 Å². The van der Waals surface area contributed by atoms with Crippen LogP contribution in [0.25, 0.3) is 0 Å². The molecule has 2 heterocycles. The van der Waals surface area contributed by atoms with Gasteiger partial charge in [-0.3, -0.25) is 14.6 Å². The average molecular weight is 323 g/mol. The Morgan fingerprint density at radius 2 is 1.92 bits per heavy atom. The molecule has 5 heteroatoms. The Balaban J connectivity index is 1.65. The second kappa shape index (κ2) is 7.25. The van der Waals surface area contributed by atoms with Gasteiger partial charge in [-0.05, 0) is 48.6 Å². The summed E-state index contributed by atoms with van der Waals surface area (Å²) in [6, 6.07) is 11.6. The molecule has 0 spiro atoms. The van der Waals surface area contributed by atoms with Crippen LogP contribution in [0, 0.1) is 0 Å². The lowest BCUT2D eigenvalue weighted by atomic mass is 10.0. The van der Waals surface area contributed by atoms with Crippen molar-refractivity contribution >= 4 is 17.5 Å². The summed E-state index contributed by atoms with van der Waals surface area (Å²) in [7, 11) is 1.68. The van der Waals surface area contributed by atoms with Crippen molar-refractivity contribution < 1.29 is 9.59 Å². The highest BCUT2D eigenvalue weighted by Gasteiger charge is 2.29. The first-order valence-electron chi connectivity index (χ1n) is 8.20. The zero-order valence-corrected chi connectivity index (χ0v) is 13.8. The van der Waals surface area contributed by atoms with Crippen LogP contribution in [0.4, 0.5) is 5.69 Å². The number of likely N-dealkylation sites (N-methyl/N-ethyl adjacent to an activating group) is 1. The Labute approximate surface area is 141 Å². The molecule has 2 aromatic rings. The van der Waals surface area contributed by atoms with Crippen LogP contribution in [-0.2, 0) is 22.4 Å². The van der Waals surface area contributed by atoms with Crippen LogP contribution in [0.5, 0.6) is 0 Å². The fourth-order valence-corrected chi connectivity index (χ4v) is 2.97. The Hall–Kier alpha value is -2.69. The van der Waals surface area contributed by atoms with Gasteiger partial charge in [0.25, 0.3) is 0 Å². The molecule has 1 aliphatic rings. The number of hydrogen-bond acceptors (Lipinski definition) is 3. The molecule has 1 aromatic carbocycles. The molecule has 5 nitrogen and oxygen atoms in total. The largest absolute Gasteiger partial charge is 0.337 e. The Morgan fingerprint density at radius 3 is 2.71 bits per heavy atom. The first-order chi connectivity index (χ1) is 11.7. The van der Waals surface area contributed by atoms with Crippen LogP contribution in [0.1, 0.15) is 17.5 Å². The Morgan fingerprint density at radius 1 is 1.17 bits per heavy atom. The lowest BCUT2D eigenvalue weighted by molar-refractivity contribution is -0.143. The molecule has 0 fully saturated rings. The van der Waals surface area contributed by atoms with E-state index in [9.17, 15) is 9.59 Å². The summed E-state index contributed by atoms with van der Waals surface area (Å²) in [5.74, 6) is -0.903. The van der Waals surface area contributed by atoms with Gasteiger partial charge >= 0.3 is 11.8 Å². The fraction of sp³-hybridized carbons (Fsp3) is 0.316. The van der Waals surface area contributed by atoms with Gasteiger partial charge in [-0.25, -0.2) is 0 Å². The minimum atomic E-state index is -0.458. The summed E-state index contributed by atoms with van der Waals surface area (Å²) < 4.78 is 0. The topological polar surface area (TPSA) is 53.5 Å². The molecule has 24 heavy (non-hydrogen) atoms. The molecular formula is C19H21N3O2. The number of rotatable bonds is 3. The van der Waals surface area contributed by atoms with Crippen molar-refractivity contribution in [3.63, 3.8) is 0 Å². The van der Waals surface area contributed by atoms with Gasteiger partial charge in [0.15, 0.2) is 0 Å². The summed E-state index contributed by atoms with van der Waals surface area (Å²) in [5.41, 5.74) is 3.09. The van der Waals surface area contributed by atoms with Gasteiger partial charge < -0.3 is 9.80 Å². The van der Waals surface area contributed by atoms with Crippen LogP contribution >= 0.6 is 0 Å². The molecular weight excluding hydrogens is 302 g/mol. The van der Waals surface area contributed by atoms with Crippen molar-refractivity contribution in [3.05, 3.63) is 59.9 Å². The maximum absolute atomic E-state index is 12.6. The van der Waals surface area contributed by atoms with Crippen LogP contribution in [0.15, 0.2) is 48.8 Å². The minimum absolute atomic E-state index is 0.445. The van der Waals surface area contributed by atoms with Crippen molar-refractivity contribution in [2.75, 3.05) is 25.0 Å². The normalized spacial score (nSPS) is 13.3. The molecule has 0 atom stereocenters. The SMILES string of the molecule is CN(CCc1ccncc1)C(=O)C(=O)N1CCCc2ccccc21. The van der Waals surface area contributed by atoms with Gasteiger partial charge in [0.2, 0.25) is 0 Å². The number of fused-ring (bicyclic) bond motifs is 1. The van der Waals surface area contributed by atoms with Crippen molar-refractivity contribution in [2.45, 2.75) is 19.3 Å². The predicted molar refractivity (Wildman–Crippen MR) is 92.7 cm³/mol. The van der Waals surface area contributed by atoms with Gasteiger partial charge in [-0.15, -0.1) is 0 Å². The van der Waals surface area contributed by atoms with Gasteiger partial charge in [-0.2, -0.15) is 0 Å². The molecule has 124 valence electrons. The molecule has 0 radical (unpaired) electrons. The summed E-state index contributed by atoms with van der Waals surface area (Å²) in [6.07, 6.45) is 6.00. The van der Waals surface area contributed by atoms with Crippen LogP contribution in [0.2, 0.25) is 0 Å². The van der Waals surface area contributed by atoms with E-state index in [1.165, 1.54) is 4.90 Å². The third-order valence-electron chi connectivity index (χ3n) is 4.37. The lowest BCUT2D eigenvalue weighted by Gasteiger charge is -2.30. The molecule has 0 saturated carbocycles.